The lowest BCUT2D eigenvalue weighted by Gasteiger charge is -2.15. The normalized spacial score (nSPS) is 10.3. The van der Waals surface area contributed by atoms with E-state index >= 15 is 0 Å². The summed E-state index contributed by atoms with van der Waals surface area (Å²) in [6.45, 7) is 0.871. The Bertz CT molecular complexity index is 536. The molecule has 1 heterocycles. The molecule has 2 N–H and O–H groups in total. The minimum Gasteiger partial charge on any atom is -0.493 e. The quantitative estimate of drug-likeness (QED) is 0.889. The van der Waals surface area contributed by atoms with Gasteiger partial charge in [0.1, 0.15) is 0 Å². The summed E-state index contributed by atoms with van der Waals surface area (Å²) in [6, 6.07) is 7.44. The van der Waals surface area contributed by atoms with Crippen LogP contribution in [0.3, 0.4) is 0 Å². The number of aromatic nitrogens is 1. The van der Waals surface area contributed by atoms with E-state index in [4.69, 9.17) is 26.8 Å². The molecule has 0 aliphatic heterocycles. The number of ether oxygens (including phenoxy) is 2. The lowest BCUT2D eigenvalue weighted by molar-refractivity contribution is 0.294. The first kappa shape index (κ1) is 14.6. The van der Waals surface area contributed by atoms with E-state index in [1.165, 1.54) is 0 Å². The van der Waals surface area contributed by atoms with Gasteiger partial charge in [-0.05, 0) is 17.7 Å². The molecule has 0 radical (unpaired) electrons. The van der Waals surface area contributed by atoms with E-state index < -0.39 is 0 Å². The third-order valence-corrected chi connectivity index (χ3v) is 3.11. The van der Waals surface area contributed by atoms with Crippen LogP contribution < -0.4 is 15.2 Å². The number of benzene rings is 1. The maximum atomic E-state index is 6.01. The summed E-state index contributed by atoms with van der Waals surface area (Å²) in [4.78, 5) is 4.07. The number of halogens is 1. The standard InChI is InChI=1S/C15H17ClN2O2/c1-19-14-8-13(16)7-12(9-17)15(14)20-6-4-11-3-2-5-18-10-11/h2-3,5,7-8,10H,4,6,9,17H2,1H3. The molecule has 0 fully saturated rings. The summed E-state index contributed by atoms with van der Waals surface area (Å²) in [5.41, 5.74) is 7.68. The summed E-state index contributed by atoms with van der Waals surface area (Å²) in [5, 5.41) is 0.585. The van der Waals surface area contributed by atoms with Gasteiger partial charge in [0.25, 0.3) is 0 Å². The van der Waals surface area contributed by atoms with Crippen LogP contribution in [-0.4, -0.2) is 18.7 Å². The van der Waals surface area contributed by atoms with Crippen molar-refractivity contribution in [3.63, 3.8) is 0 Å². The lowest BCUT2D eigenvalue weighted by atomic mass is 10.2. The molecule has 1 aromatic carbocycles. The van der Waals surface area contributed by atoms with Gasteiger partial charge in [0.2, 0.25) is 0 Å². The second kappa shape index (κ2) is 7.12. The van der Waals surface area contributed by atoms with Gasteiger partial charge in [-0.2, -0.15) is 0 Å². The molecule has 2 rings (SSSR count). The summed E-state index contributed by atoms with van der Waals surface area (Å²) >= 11 is 6.01. The minimum atomic E-state index is 0.346. The second-order valence-electron chi connectivity index (χ2n) is 4.26. The van der Waals surface area contributed by atoms with E-state index in [2.05, 4.69) is 4.98 Å². The maximum absolute atomic E-state index is 6.01. The van der Waals surface area contributed by atoms with E-state index in [9.17, 15) is 0 Å². The Balaban J connectivity index is 2.08. The highest BCUT2D eigenvalue weighted by Gasteiger charge is 2.11. The van der Waals surface area contributed by atoms with Crippen molar-refractivity contribution in [3.8, 4) is 11.5 Å². The number of hydrogen-bond donors (Lipinski definition) is 1. The predicted octanol–water partition coefficient (Wildman–Crippen LogP) is 2.82. The average molecular weight is 293 g/mol. The summed E-state index contributed by atoms with van der Waals surface area (Å²) in [6.07, 6.45) is 4.34. The van der Waals surface area contributed by atoms with Gasteiger partial charge in [0.15, 0.2) is 11.5 Å². The number of nitrogens with two attached hydrogens (primary N) is 1. The molecule has 0 spiro atoms. The van der Waals surface area contributed by atoms with Crippen LogP contribution in [0.1, 0.15) is 11.1 Å². The van der Waals surface area contributed by atoms with Gasteiger partial charge >= 0.3 is 0 Å². The van der Waals surface area contributed by atoms with Gasteiger partial charge in [-0.15, -0.1) is 0 Å². The van der Waals surface area contributed by atoms with Gasteiger partial charge in [0, 0.05) is 42.0 Å². The van der Waals surface area contributed by atoms with Gasteiger partial charge in [-0.1, -0.05) is 17.7 Å². The number of pyridine rings is 1. The maximum Gasteiger partial charge on any atom is 0.165 e. The van der Waals surface area contributed by atoms with Crippen LogP contribution in [0.15, 0.2) is 36.7 Å². The average Bonchev–Trinajstić information content (AvgIpc) is 2.49. The third-order valence-electron chi connectivity index (χ3n) is 2.90. The van der Waals surface area contributed by atoms with Crippen molar-refractivity contribution in [2.24, 2.45) is 5.73 Å². The van der Waals surface area contributed by atoms with Crippen molar-refractivity contribution in [1.82, 2.24) is 4.98 Å². The first-order valence-corrected chi connectivity index (χ1v) is 6.70. The van der Waals surface area contributed by atoms with Crippen LogP contribution in [0.2, 0.25) is 5.02 Å². The molecule has 0 amide bonds. The fourth-order valence-electron chi connectivity index (χ4n) is 1.91. The monoisotopic (exact) mass is 292 g/mol. The largest absolute Gasteiger partial charge is 0.493 e. The highest BCUT2D eigenvalue weighted by molar-refractivity contribution is 6.30. The lowest BCUT2D eigenvalue weighted by Crippen LogP contribution is -2.07. The summed E-state index contributed by atoms with van der Waals surface area (Å²) in [5.74, 6) is 1.26. The predicted molar refractivity (Wildman–Crippen MR) is 79.3 cm³/mol. The highest BCUT2D eigenvalue weighted by atomic mass is 35.5. The SMILES string of the molecule is COc1cc(Cl)cc(CN)c1OCCc1cccnc1. The Kier molecular flexibility index (Phi) is 5.21. The van der Waals surface area contributed by atoms with E-state index in [-0.39, 0.29) is 0 Å². The van der Waals surface area contributed by atoms with E-state index in [0.717, 1.165) is 17.5 Å². The second-order valence-corrected chi connectivity index (χ2v) is 4.70. The Labute approximate surface area is 123 Å². The third kappa shape index (κ3) is 3.62. The molecule has 0 bridgehead atoms. The van der Waals surface area contributed by atoms with Crippen LogP contribution in [0.25, 0.3) is 0 Å². The van der Waals surface area contributed by atoms with E-state index in [1.54, 1.807) is 25.4 Å². The molecule has 2 aromatic rings. The molecule has 0 aliphatic carbocycles. The summed E-state index contributed by atoms with van der Waals surface area (Å²) < 4.78 is 11.1. The number of nitrogens with zero attached hydrogens (tertiary/aromatic N) is 1. The van der Waals surface area contributed by atoms with Crippen LogP contribution in [0, 0.1) is 0 Å². The zero-order chi connectivity index (χ0) is 14.4. The molecule has 0 saturated heterocycles. The number of hydrogen-bond acceptors (Lipinski definition) is 4. The molecule has 5 heteroatoms. The van der Waals surface area contributed by atoms with Crippen molar-refractivity contribution in [1.29, 1.82) is 0 Å². The van der Waals surface area contributed by atoms with Crippen LogP contribution in [0.4, 0.5) is 0 Å². The minimum absolute atomic E-state index is 0.346. The molecule has 106 valence electrons. The van der Waals surface area contributed by atoms with Crippen molar-refractivity contribution in [2.75, 3.05) is 13.7 Å². The Morgan fingerprint density at radius 1 is 1.35 bits per heavy atom. The van der Waals surface area contributed by atoms with Gasteiger partial charge in [-0.3, -0.25) is 4.98 Å². The van der Waals surface area contributed by atoms with Crippen molar-refractivity contribution in [2.45, 2.75) is 13.0 Å². The zero-order valence-electron chi connectivity index (χ0n) is 11.3. The molecule has 0 atom stereocenters. The fourth-order valence-corrected chi connectivity index (χ4v) is 2.14. The van der Waals surface area contributed by atoms with E-state index in [1.807, 2.05) is 18.3 Å². The van der Waals surface area contributed by atoms with Crippen molar-refractivity contribution < 1.29 is 9.47 Å². The molecule has 1 aromatic heterocycles. The van der Waals surface area contributed by atoms with Crippen LogP contribution in [0.5, 0.6) is 11.5 Å². The Morgan fingerprint density at radius 3 is 2.85 bits per heavy atom. The molecule has 4 nitrogen and oxygen atoms in total. The highest BCUT2D eigenvalue weighted by Crippen LogP contribution is 2.34. The smallest absolute Gasteiger partial charge is 0.165 e. The fraction of sp³-hybridized carbons (Fsp3) is 0.267. The molecular formula is C15H17ClN2O2. The molecule has 0 saturated carbocycles. The van der Waals surface area contributed by atoms with Crippen LogP contribution in [-0.2, 0) is 13.0 Å². The first-order chi connectivity index (χ1) is 9.74. The van der Waals surface area contributed by atoms with Crippen LogP contribution >= 0.6 is 11.6 Å². The first-order valence-electron chi connectivity index (χ1n) is 6.32. The Morgan fingerprint density at radius 2 is 2.20 bits per heavy atom. The van der Waals surface area contributed by atoms with Gasteiger partial charge in [-0.25, -0.2) is 0 Å². The Hall–Kier alpha value is -1.78. The molecular weight excluding hydrogens is 276 g/mol. The zero-order valence-corrected chi connectivity index (χ0v) is 12.1. The molecule has 20 heavy (non-hydrogen) atoms. The summed E-state index contributed by atoms with van der Waals surface area (Å²) in [7, 11) is 1.58. The molecule has 0 aliphatic rings. The number of methoxy groups -OCH3 is 1. The van der Waals surface area contributed by atoms with E-state index in [0.29, 0.717) is 29.7 Å². The van der Waals surface area contributed by atoms with Gasteiger partial charge < -0.3 is 15.2 Å². The van der Waals surface area contributed by atoms with Crippen molar-refractivity contribution >= 4 is 11.6 Å². The molecule has 0 unspecified atom stereocenters. The number of rotatable bonds is 6. The van der Waals surface area contributed by atoms with Gasteiger partial charge in [0.05, 0.1) is 13.7 Å². The topological polar surface area (TPSA) is 57.4 Å². The van der Waals surface area contributed by atoms with Crippen molar-refractivity contribution in [3.05, 3.63) is 52.8 Å².